The van der Waals surface area contributed by atoms with Crippen LogP contribution in [0.5, 0.6) is 5.88 Å². The van der Waals surface area contributed by atoms with E-state index in [1.165, 1.54) is 22.8 Å². The Morgan fingerprint density at radius 3 is 2.83 bits per heavy atom. The van der Waals surface area contributed by atoms with Crippen molar-refractivity contribution in [3.63, 3.8) is 0 Å². The van der Waals surface area contributed by atoms with Crippen molar-refractivity contribution < 1.29 is 22.7 Å². The number of ether oxygens (including phenoxy) is 1. The minimum absolute atomic E-state index is 0.0143. The number of carbonyl (C=O) groups excluding carboxylic acids is 1. The molecule has 1 aliphatic carbocycles. The standard InChI is InChI=1S/C17H16F3N7O2/c1-17(2)5-7(8-6-22-12-4-10(18)26-27(12)13(8)17)14(28)23-11-3-9(21)15(25-24-11)29-16(19)20/h3-4,6-7,16H,5H2,1-2H3,(H3,21,23,24,28). The lowest BCUT2D eigenvalue weighted by Gasteiger charge is -2.19. The Balaban J connectivity index is 1.63. The topological polar surface area (TPSA) is 120 Å². The number of halogens is 3. The number of aromatic nitrogens is 5. The Bertz CT molecular complexity index is 1120. The zero-order valence-corrected chi connectivity index (χ0v) is 15.4. The van der Waals surface area contributed by atoms with Gasteiger partial charge in [0, 0.05) is 29.3 Å². The first-order valence-electron chi connectivity index (χ1n) is 8.59. The van der Waals surface area contributed by atoms with Gasteiger partial charge in [-0.3, -0.25) is 4.79 Å². The summed E-state index contributed by atoms with van der Waals surface area (Å²) in [7, 11) is 0. The van der Waals surface area contributed by atoms with Gasteiger partial charge in [-0.05, 0) is 6.42 Å². The third kappa shape index (κ3) is 3.30. The second-order valence-electron chi connectivity index (χ2n) is 7.30. The van der Waals surface area contributed by atoms with Crippen LogP contribution >= 0.6 is 0 Å². The number of hydrogen-bond donors (Lipinski definition) is 2. The molecule has 29 heavy (non-hydrogen) atoms. The van der Waals surface area contributed by atoms with E-state index >= 15 is 0 Å². The van der Waals surface area contributed by atoms with Crippen LogP contribution in [0.2, 0.25) is 0 Å². The van der Waals surface area contributed by atoms with Crippen molar-refractivity contribution in [1.29, 1.82) is 0 Å². The van der Waals surface area contributed by atoms with Gasteiger partial charge in [0.15, 0.2) is 11.5 Å². The zero-order chi connectivity index (χ0) is 20.9. The Kier molecular flexibility index (Phi) is 4.28. The van der Waals surface area contributed by atoms with Gasteiger partial charge in [0.25, 0.3) is 5.88 Å². The zero-order valence-electron chi connectivity index (χ0n) is 15.4. The van der Waals surface area contributed by atoms with E-state index < -0.39 is 35.7 Å². The monoisotopic (exact) mass is 407 g/mol. The lowest BCUT2D eigenvalue weighted by Crippen LogP contribution is -2.22. The van der Waals surface area contributed by atoms with Crippen LogP contribution in [0.25, 0.3) is 5.65 Å². The maximum Gasteiger partial charge on any atom is 0.388 e. The van der Waals surface area contributed by atoms with Gasteiger partial charge in [0.1, 0.15) is 5.69 Å². The fourth-order valence-electron chi connectivity index (χ4n) is 3.65. The molecule has 3 aromatic heterocycles. The SMILES string of the molecule is CC1(C)CC(C(=O)Nc2cc(N)c(OC(F)F)nn2)c2cnc3cc(F)nn3c21. The van der Waals surface area contributed by atoms with Crippen molar-refractivity contribution in [3.8, 4) is 5.88 Å². The number of amides is 1. The average Bonchev–Trinajstić information content (AvgIpc) is 3.13. The number of carbonyl (C=O) groups is 1. The minimum Gasteiger partial charge on any atom is -0.413 e. The van der Waals surface area contributed by atoms with Gasteiger partial charge in [-0.15, -0.1) is 15.3 Å². The molecule has 12 heteroatoms. The highest BCUT2D eigenvalue weighted by Gasteiger charge is 2.43. The Morgan fingerprint density at radius 1 is 1.38 bits per heavy atom. The average molecular weight is 407 g/mol. The second kappa shape index (κ2) is 6.57. The molecule has 1 unspecified atom stereocenters. The van der Waals surface area contributed by atoms with Crippen molar-refractivity contribution in [2.24, 2.45) is 0 Å². The highest BCUT2D eigenvalue weighted by Crippen LogP contribution is 2.45. The van der Waals surface area contributed by atoms with Crippen LogP contribution in [0.1, 0.15) is 37.4 Å². The molecule has 0 saturated heterocycles. The lowest BCUT2D eigenvalue weighted by molar-refractivity contribution is -0.117. The molecule has 0 fully saturated rings. The molecule has 9 nitrogen and oxygen atoms in total. The van der Waals surface area contributed by atoms with Gasteiger partial charge in [-0.25, -0.2) is 9.50 Å². The van der Waals surface area contributed by atoms with E-state index in [0.717, 1.165) is 0 Å². The molecule has 0 radical (unpaired) electrons. The molecule has 1 amide bonds. The predicted molar refractivity (Wildman–Crippen MR) is 95.0 cm³/mol. The number of alkyl halides is 2. The number of fused-ring (bicyclic) bond motifs is 3. The van der Waals surface area contributed by atoms with Crippen LogP contribution < -0.4 is 15.8 Å². The quantitative estimate of drug-likeness (QED) is 0.680. The third-order valence-electron chi connectivity index (χ3n) is 4.77. The summed E-state index contributed by atoms with van der Waals surface area (Å²) < 4.78 is 43.7. The summed E-state index contributed by atoms with van der Waals surface area (Å²) in [5, 5.41) is 13.5. The summed E-state index contributed by atoms with van der Waals surface area (Å²) in [6.07, 6.45) is 1.95. The summed E-state index contributed by atoms with van der Waals surface area (Å²) >= 11 is 0. The predicted octanol–water partition coefficient (Wildman–Crippen LogP) is 2.25. The lowest BCUT2D eigenvalue weighted by atomic mass is 9.88. The van der Waals surface area contributed by atoms with E-state index in [1.807, 2.05) is 13.8 Å². The minimum atomic E-state index is -3.10. The highest BCUT2D eigenvalue weighted by atomic mass is 19.3. The van der Waals surface area contributed by atoms with Crippen molar-refractivity contribution in [1.82, 2.24) is 24.8 Å². The summed E-state index contributed by atoms with van der Waals surface area (Å²) in [5.74, 6) is -2.23. The van der Waals surface area contributed by atoms with Gasteiger partial charge in [-0.2, -0.15) is 13.2 Å². The largest absolute Gasteiger partial charge is 0.413 e. The molecule has 3 aromatic rings. The maximum absolute atomic E-state index is 13.6. The van der Waals surface area contributed by atoms with Gasteiger partial charge in [0.2, 0.25) is 11.9 Å². The molecule has 0 bridgehead atoms. The molecule has 3 heterocycles. The summed E-state index contributed by atoms with van der Waals surface area (Å²) in [5.41, 5.74) is 6.60. The van der Waals surface area contributed by atoms with Crippen LogP contribution in [0.3, 0.4) is 0 Å². The van der Waals surface area contributed by atoms with Gasteiger partial charge >= 0.3 is 6.61 Å². The molecule has 0 aromatic carbocycles. The number of nitrogens with two attached hydrogens (primary N) is 1. The maximum atomic E-state index is 13.6. The number of nitrogens with one attached hydrogen (secondary N) is 1. The molecular weight excluding hydrogens is 391 g/mol. The first-order valence-corrected chi connectivity index (χ1v) is 8.59. The van der Waals surface area contributed by atoms with Crippen LogP contribution in [-0.4, -0.2) is 37.3 Å². The van der Waals surface area contributed by atoms with Crippen molar-refractivity contribution in [2.75, 3.05) is 11.1 Å². The molecule has 1 atom stereocenters. The van der Waals surface area contributed by atoms with E-state index in [4.69, 9.17) is 5.73 Å². The third-order valence-corrected chi connectivity index (χ3v) is 4.77. The van der Waals surface area contributed by atoms with Crippen molar-refractivity contribution in [2.45, 2.75) is 38.2 Å². The first kappa shape index (κ1) is 18.9. The molecule has 0 aliphatic heterocycles. The van der Waals surface area contributed by atoms with Crippen LogP contribution in [0, 0.1) is 5.95 Å². The molecule has 4 rings (SSSR count). The van der Waals surface area contributed by atoms with E-state index in [9.17, 15) is 18.0 Å². The smallest absolute Gasteiger partial charge is 0.388 e. The molecule has 0 spiro atoms. The van der Waals surface area contributed by atoms with E-state index in [-0.39, 0.29) is 11.5 Å². The molecule has 1 aliphatic rings. The van der Waals surface area contributed by atoms with Crippen LogP contribution in [0.4, 0.5) is 24.7 Å². The number of nitrogens with zero attached hydrogens (tertiary/aromatic N) is 5. The van der Waals surface area contributed by atoms with Gasteiger partial charge in [0.05, 0.1) is 11.6 Å². The number of hydrogen-bond acceptors (Lipinski definition) is 7. The number of anilines is 2. The number of nitrogen functional groups attached to an aromatic ring is 1. The molecular formula is C17H16F3N7O2. The van der Waals surface area contributed by atoms with Crippen LogP contribution in [0.15, 0.2) is 18.3 Å². The second-order valence-corrected chi connectivity index (χ2v) is 7.30. The number of rotatable bonds is 4. The first-order chi connectivity index (χ1) is 13.7. The van der Waals surface area contributed by atoms with E-state index in [0.29, 0.717) is 23.3 Å². The fraction of sp³-hybridized carbons (Fsp3) is 0.353. The van der Waals surface area contributed by atoms with Gasteiger partial charge in [-0.1, -0.05) is 13.8 Å². The van der Waals surface area contributed by atoms with Crippen LogP contribution in [-0.2, 0) is 10.2 Å². The molecule has 0 saturated carbocycles. The van der Waals surface area contributed by atoms with Crippen molar-refractivity contribution >= 4 is 23.1 Å². The van der Waals surface area contributed by atoms with Crippen molar-refractivity contribution in [3.05, 3.63) is 35.5 Å². The van der Waals surface area contributed by atoms with Gasteiger partial charge < -0.3 is 15.8 Å². The summed E-state index contributed by atoms with van der Waals surface area (Å²) in [4.78, 5) is 17.1. The Labute approximate surface area is 162 Å². The molecule has 152 valence electrons. The van der Waals surface area contributed by atoms with E-state index in [1.54, 1.807) is 0 Å². The highest BCUT2D eigenvalue weighted by molar-refractivity contribution is 5.96. The Hall–Kier alpha value is -3.44. The Morgan fingerprint density at radius 2 is 2.14 bits per heavy atom. The normalized spacial score (nSPS) is 17.5. The summed E-state index contributed by atoms with van der Waals surface area (Å²) in [6.45, 7) is 0.749. The van der Waals surface area contributed by atoms with E-state index in [2.05, 4.69) is 30.3 Å². The summed E-state index contributed by atoms with van der Waals surface area (Å²) in [6, 6.07) is 2.39. The molecule has 3 N–H and O–H groups in total. The fourth-order valence-corrected chi connectivity index (χ4v) is 3.65.